The summed E-state index contributed by atoms with van der Waals surface area (Å²) >= 11 is 5.27. The number of carbonyl (C=O) groups excluding carboxylic acids is 1. The van der Waals surface area contributed by atoms with E-state index >= 15 is 0 Å². The van der Waals surface area contributed by atoms with E-state index < -0.39 is 0 Å². The summed E-state index contributed by atoms with van der Waals surface area (Å²) in [5, 5.41) is 15.8. The van der Waals surface area contributed by atoms with Crippen LogP contribution in [0, 0.1) is 10.8 Å². The number of phenols is 1. The number of ketones is 1. The van der Waals surface area contributed by atoms with Crippen LogP contribution in [0.5, 0.6) is 5.75 Å². The van der Waals surface area contributed by atoms with Gasteiger partial charge in [0.05, 0.1) is 5.57 Å². The Hall–Kier alpha value is -3.12. The van der Waals surface area contributed by atoms with Gasteiger partial charge < -0.3 is 5.11 Å². The standard InChI is InChI=1S/C42H48O2S3/c1-39(2,3)27-21-25(22-28(37(27)43)40(4,5)6)35(31-15-13-19-45-31)33-17-18-34(47-33)36(32-16-14-20-46-32)26-23-29(41(7,8)9)38(44)30(24-26)42(10,11)12/h13-24H,1-12H3/p+1. The quantitative estimate of drug-likeness (QED) is 0.220. The molecule has 3 heterocycles. The first-order chi connectivity index (χ1) is 21.7. The first-order valence-corrected chi connectivity index (χ1v) is 18.9. The van der Waals surface area contributed by atoms with E-state index in [0.29, 0.717) is 5.75 Å². The molecule has 2 aliphatic rings. The molecule has 5 rings (SSSR count). The van der Waals surface area contributed by atoms with Crippen LogP contribution in [-0.4, -0.2) is 16.3 Å². The number of hydrogen-bond donors (Lipinski definition) is 1. The molecule has 2 aromatic heterocycles. The normalized spacial score (nSPS) is 16.9. The van der Waals surface area contributed by atoms with Crippen molar-refractivity contribution in [2.45, 2.75) is 93.9 Å². The molecule has 1 aromatic carbocycles. The summed E-state index contributed by atoms with van der Waals surface area (Å²) in [5.41, 5.74) is 7.12. The second-order valence-corrected chi connectivity index (χ2v) is 19.7. The van der Waals surface area contributed by atoms with Crippen LogP contribution in [0.15, 0.2) is 87.7 Å². The van der Waals surface area contributed by atoms with E-state index in [9.17, 15) is 9.90 Å². The molecule has 1 N–H and O–H groups in total. The van der Waals surface area contributed by atoms with Gasteiger partial charge >= 0.3 is 0 Å². The van der Waals surface area contributed by atoms with Gasteiger partial charge in [0.1, 0.15) is 5.75 Å². The molecule has 0 fully saturated rings. The lowest BCUT2D eigenvalue weighted by Gasteiger charge is -2.32. The minimum absolute atomic E-state index is 0.149. The summed E-state index contributed by atoms with van der Waals surface area (Å²) in [6.45, 7) is 25.8. The van der Waals surface area contributed by atoms with Crippen molar-refractivity contribution in [2.75, 3.05) is 0 Å². The molecule has 0 saturated heterocycles. The zero-order chi connectivity index (χ0) is 34.7. The summed E-state index contributed by atoms with van der Waals surface area (Å²) in [6.07, 6.45) is 8.59. The van der Waals surface area contributed by atoms with Gasteiger partial charge in [-0.05, 0) is 80.7 Å². The number of phenolic OH excluding ortho intramolecular Hbond substituents is 1. The second kappa shape index (κ2) is 12.4. The molecule has 0 bridgehead atoms. The lowest BCUT2D eigenvalue weighted by atomic mass is 9.71. The lowest BCUT2D eigenvalue weighted by molar-refractivity contribution is -0.114. The van der Waals surface area contributed by atoms with Gasteiger partial charge in [0, 0.05) is 54.6 Å². The molecule has 0 radical (unpaired) electrons. The monoisotopic (exact) mass is 681 g/mol. The van der Waals surface area contributed by atoms with Gasteiger partial charge in [-0.2, -0.15) is 0 Å². The third-order valence-corrected chi connectivity index (χ3v) is 11.5. The molecule has 1 aliphatic carbocycles. The first kappa shape index (κ1) is 35.2. The molecule has 0 atom stereocenters. The van der Waals surface area contributed by atoms with Crippen LogP contribution in [0.4, 0.5) is 0 Å². The van der Waals surface area contributed by atoms with Gasteiger partial charge in [-0.1, -0.05) is 89.2 Å². The number of allylic oxidation sites excluding steroid dienone is 7. The molecule has 47 heavy (non-hydrogen) atoms. The van der Waals surface area contributed by atoms with Gasteiger partial charge in [0.15, 0.2) is 11.2 Å². The highest BCUT2D eigenvalue weighted by Gasteiger charge is 2.35. The second-order valence-electron chi connectivity index (χ2n) is 16.7. The average Bonchev–Trinajstić information content (AvgIpc) is 3.72. The largest absolute Gasteiger partial charge is 0.507 e. The third-order valence-electron chi connectivity index (χ3n) is 8.64. The van der Waals surface area contributed by atoms with E-state index in [1.165, 1.54) is 25.1 Å². The molecule has 3 aromatic rings. The summed E-state index contributed by atoms with van der Waals surface area (Å²) in [6, 6.07) is 13.2. The fraction of sp³-hybridized carbons (Fsp3) is 0.381. The van der Waals surface area contributed by atoms with E-state index in [2.05, 4.69) is 155 Å². The summed E-state index contributed by atoms with van der Waals surface area (Å²) in [5.74, 6) is 0.543. The van der Waals surface area contributed by atoms with Crippen LogP contribution in [0.25, 0.3) is 11.1 Å². The third kappa shape index (κ3) is 7.18. The Morgan fingerprint density at radius 2 is 1.23 bits per heavy atom. The smallest absolute Gasteiger partial charge is 0.240 e. The zero-order valence-electron chi connectivity index (χ0n) is 30.0. The minimum Gasteiger partial charge on any atom is -0.507 e. The maximum atomic E-state index is 13.8. The van der Waals surface area contributed by atoms with Crippen molar-refractivity contribution in [1.82, 2.24) is 0 Å². The topological polar surface area (TPSA) is 37.3 Å². The van der Waals surface area contributed by atoms with Crippen molar-refractivity contribution in [2.24, 2.45) is 10.8 Å². The maximum Gasteiger partial charge on any atom is 0.240 e. The summed E-state index contributed by atoms with van der Waals surface area (Å²) in [4.78, 5) is 18.6. The molecule has 246 valence electrons. The minimum atomic E-state index is -0.289. The van der Waals surface area contributed by atoms with Crippen molar-refractivity contribution < 1.29 is 9.90 Å². The lowest BCUT2D eigenvalue weighted by Crippen LogP contribution is -2.28. The van der Waals surface area contributed by atoms with Crippen LogP contribution >= 0.6 is 22.7 Å². The number of hydrogen-bond acceptors (Lipinski definition) is 4. The molecular formula is C42H49O2S3+. The van der Waals surface area contributed by atoms with Crippen molar-refractivity contribution in [3.63, 3.8) is 0 Å². The molecule has 0 saturated carbocycles. The molecule has 5 heteroatoms. The summed E-state index contributed by atoms with van der Waals surface area (Å²) in [7, 11) is 0. The van der Waals surface area contributed by atoms with E-state index in [1.54, 1.807) is 34.0 Å². The van der Waals surface area contributed by atoms with Crippen LogP contribution < -0.4 is 0 Å². The number of Topliss-reactive ketones (excluding diaryl/α,β-unsaturated/α-hetero) is 1. The predicted molar refractivity (Wildman–Crippen MR) is 209 cm³/mol. The molecule has 1 aliphatic heterocycles. The Morgan fingerprint density at radius 3 is 1.66 bits per heavy atom. The Kier molecular flexibility index (Phi) is 9.29. The van der Waals surface area contributed by atoms with Gasteiger partial charge in [0.2, 0.25) is 16.3 Å². The van der Waals surface area contributed by atoms with Gasteiger partial charge in [-0.3, -0.25) is 4.79 Å². The first-order valence-electron chi connectivity index (χ1n) is 16.3. The molecule has 0 spiro atoms. The Labute approximate surface area is 294 Å². The van der Waals surface area contributed by atoms with Crippen molar-refractivity contribution in [3.8, 4) is 5.75 Å². The number of thiophene rings is 2. The number of rotatable bonds is 4. The maximum absolute atomic E-state index is 13.8. The van der Waals surface area contributed by atoms with E-state index in [-0.39, 0.29) is 27.4 Å². The highest BCUT2D eigenvalue weighted by atomic mass is 32.1. The van der Waals surface area contributed by atoms with Crippen molar-refractivity contribution >= 4 is 56.3 Å². The summed E-state index contributed by atoms with van der Waals surface area (Å²) < 4.78 is 0. The van der Waals surface area contributed by atoms with Gasteiger partial charge in [-0.15, -0.1) is 22.7 Å². The van der Waals surface area contributed by atoms with Crippen LogP contribution in [0.3, 0.4) is 0 Å². The predicted octanol–water partition coefficient (Wildman–Crippen LogP) is 11.7. The van der Waals surface area contributed by atoms with E-state index in [4.69, 9.17) is 0 Å². The zero-order valence-corrected chi connectivity index (χ0v) is 32.5. The average molecular weight is 682 g/mol. The van der Waals surface area contributed by atoms with Crippen molar-refractivity contribution in [1.29, 1.82) is 0 Å². The number of carbonyl (C=O) groups is 1. The van der Waals surface area contributed by atoms with Gasteiger partial charge in [-0.25, -0.2) is 0 Å². The van der Waals surface area contributed by atoms with Gasteiger partial charge in [0.25, 0.3) is 0 Å². The Morgan fingerprint density at radius 1 is 0.702 bits per heavy atom. The fourth-order valence-corrected chi connectivity index (χ4v) is 8.98. The van der Waals surface area contributed by atoms with E-state index in [0.717, 1.165) is 39.0 Å². The highest BCUT2D eigenvalue weighted by molar-refractivity contribution is 7.82. The van der Waals surface area contributed by atoms with Crippen LogP contribution in [-0.2, 0) is 27.0 Å². The van der Waals surface area contributed by atoms with Crippen molar-refractivity contribution in [3.05, 3.63) is 119 Å². The van der Waals surface area contributed by atoms with Crippen LogP contribution in [0.1, 0.15) is 114 Å². The number of benzene rings is 1. The highest BCUT2D eigenvalue weighted by Crippen LogP contribution is 2.47. The van der Waals surface area contributed by atoms with Crippen LogP contribution in [0.2, 0.25) is 0 Å². The molecule has 0 amide bonds. The molecule has 2 nitrogen and oxygen atoms in total. The van der Waals surface area contributed by atoms with E-state index in [1.807, 2.05) is 0 Å². The molecular weight excluding hydrogens is 633 g/mol. The fourth-order valence-electron chi connectivity index (χ4n) is 6.07. The SMILES string of the molecule is CC(C)(C)C1=CC(=C(c2cccs2)c2ccc(C(=C3C=CC=[S+]3)c3cc(C(C)(C)C)c(O)c(C(C)(C)C)c3)s2)C=C(C(C)(C)C)C1=O. The molecule has 0 unspecified atom stereocenters. The Balaban J connectivity index is 1.80. The number of aromatic hydroxyl groups is 1. The Bertz CT molecular complexity index is 1820.